The van der Waals surface area contributed by atoms with Crippen LogP contribution >= 0.6 is 0 Å². The molecule has 1 saturated heterocycles. The number of allylic oxidation sites excluding steroid dienone is 1. The number of carbonyl (C=O) groups excluding carboxylic acids is 2. The molecule has 2 aromatic rings. The van der Waals surface area contributed by atoms with E-state index in [1.54, 1.807) is 40.4 Å². The molecule has 1 aliphatic heterocycles. The number of nitrogens with zero attached hydrogens (tertiary/aromatic N) is 3. The van der Waals surface area contributed by atoms with Crippen molar-refractivity contribution in [2.75, 3.05) is 26.2 Å². The number of amides is 2. The molecule has 5 heteroatoms. The predicted octanol–water partition coefficient (Wildman–Crippen LogP) is 2.47. The van der Waals surface area contributed by atoms with Crippen LogP contribution in [0.3, 0.4) is 0 Å². The van der Waals surface area contributed by atoms with E-state index in [1.807, 2.05) is 37.3 Å². The van der Waals surface area contributed by atoms with Crippen LogP contribution in [-0.2, 0) is 4.79 Å². The van der Waals surface area contributed by atoms with E-state index >= 15 is 0 Å². The normalized spacial score (nSPS) is 15.2. The third-order valence-corrected chi connectivity index (χ3v) is 4.36. The van der Waals surface area contributed by atoms with Gasteiger partial charge in [-0.25, -0.2) is 0 Å². The van der Waals surface area contributed by atoms with Gasteiger partial charge >= 0.3 is 0 Å². The highest BCUT2D eigenvalue weighted by Crippen LogP contribution is 2.14. The second-order valence-corrected chi connectivity index (χ2v) is 6.05. The van der Waals surface area contributed by atoms with Gasteiger partial charge in [-0.2, -0.15) is 0 Å². The molecule has 25 heavy (non-hydrogen) atoms. The number of hydrogen-bond acceptors (Lipinski definition) is 3. The van der Waals surface area contributed by atoms with Crippen molar-refractivity contribution in [2.45, 2.75) is 6.92 Å². The molecule has 0 radical (unpaired) electrons. The van der Waals surface area contributed by atoms with Crippen molar-refractivity contribution < 1.29 is 9.59 Å². The van der Waals surface area contributed by atoms with Crippen molar-refractivity contribution in [1.82, 2.24) is 14.8 Å². The average molecular weight is 335 g/mol. The first kappa shape index (κ1) is 16.9. The molecule has 128 valence electrons. The van der Waals surface area contributed by atoms with Gasteiger partial charge in [0.05, 0.1) is 5.56 Å². The highest BCUT2D eigenvalue weighted by molar-refractivity contribution is 5.96. The molecule has 0 N–H and O–H groups in total. The van der Waals surface area contributed by atoms with E-state index in [2.05, 4.69) is 4.98 Å². The fourth-order valence-electron chi connectivity index (χ4n) is 2.86. The lowest BCUT2D eigenvalue weighted by molar-refractivity contribution is -0.127. The van der Waals surface area contributed by atoms with Gasteiger partial charge in [-0.3, -0.25) is 14.6 Å². The molecule has 0 unspecified atom stereocenters. The molecule has 1 aromatic carbocycles. The van der Waals surface area contributed by atoms with E-state index in [1.165, 1.54) is 0 Å². The standard InChI is InChI=1S/C20H21N3O2/c1-16(17-6-3-2-4-7-17)14-19(24)22-10-12-23(13-11-22)20(25)18-8-5-9-21-15-18/h2-9,14-15H,10-13H2,1H3. The third-order valence-electron chi connectivity index (χ3n) is 4.36. The van der Waals surface area contributed by atoms with Gasteiger partial charge in [0, 0.05) is 44.6 Å². The van der Waals surface area contributed by atoms with Gasteiger partial charge in [0.1, 0.15) is 0 Å². The quantitative estimate of drug-likeness (QED) is 0.810. The maximum absolute atomic E-state index is 12.5. The summed E-state index contributed by atoms with van der Waals surface area (Å²) >= 11 is 0. The summed E-state index contributed by atoms with van der Waals surface area (Å²) in [7, 11) is 0. The molecule has 1 fully saturated rings. The Hall–Kier alpha value is -2.95. The molecule has 0 atom stereocenters. The molecular weight excluding hydrogens is 314 g/mol. The van der Waals surface area contributed by atoms with Crippen LogP contribution in [0.25, 0.3) is 5.57 Å². The monoisotopic (exact) mass is 335 g/mol. The van der Waals surface area contributed by atoms with Crippen LogP contribution in [0.2, 0.25) is 0 Å². The first-order valence-electron chi connectivity index (χ1n) is 8.37. The lowest BCUT2D eigenvalue weighted by Gasteiger charge is -2.34. The van der Waals surface area contributed by atoms with Gasteiger partial charge < -0.3 is 9.80 Å². The zero-order valence-electron chi connectivity index (χ0n) is 14.3. The molecule has 1 aliphatic rings. The van der Waals surface area contributed by atoms with Crippen LogP contribution in [0.15, 0.2) is 60.9 Å². The lowest BCUT2D eigenvalue weighted by atomic mass is 10.1. The minimum absolute atomic E-state index is 0.00479. The maximum Gasteiger partial charge on any atom is 0.255 e. The molecule has 0 saturated carbocycles. The molecule has 0 bridgehead atoms. The summed E-state index contributed by atoms with van der Waals surface area (Å²) in [5, 5.41) is 0. The first-order valence-corrected chi connectivity index (χ1v) is 8.37. The van der Waals surface area contributed by atoms with Crippen LogP contribution in [0.5, 0.6) is 0 Å². The highest BCUT2D eigenvalue weighted by atomic mass is 16.2. The summed E-state index contributed by atoms with van der Waals surface area (Å²) in [5.41, 5.74) is 2.57. The summed E-state index contributed by atoms with van der Waals surface area (Å²) in [6.07, 6.45) is 4.90. The summed E-state index contributed by atoms with van der Waals surface area (Å²) < 4.78 is 0. The van der Waals surface area contributed by atoms with E-state index in [-0.39, 0.29) is 11.8 Å². The highest BCUT2D eigenvalue weighted by Gasteiger charge is 2.24. The van der Waals surface area contributed by atoms with E-state index in [4.69, 9.17) is 0 Å². The zero-order valence-corrected chi connectivity index (χ0v) is 14.3. The molecule has 5 nitrogen and oxygen atoms in total. The summed E-state index contributed by atoms with van der Waals surface area (Å²) in [4.78, 5) is 32.4. The second-order valence-electron chi connectivity index (χ2n) is 6.05. The molecule has 2 amide bonds. The molecular formula is C20H21N3O2. The number of rotatable bonds is 3. The van der Waals surface area contributed by atoms with Crippen molar-refractivity contribution in [1.29, 1.82) is 0 Å². The van der Waals surface area contributed by atoms with Crippen molar-refractivity contribution in [3.8, 4) is 0 Å². The predicted molar refractivity (Wildman–Crippen MR) is 96.8 cm³/mol. The Bertz CT molecular complexity index is 764. The van der Waals surface area contributed by atoms with Crippen LogP contribution in [0.4, 0.5) is 0 Å². The van der Waals surface area contributed by atoms with E-state index in [9.17, 15) is 9.59 Å². The Labute approximate surface area is 147 Å². The number of aromatic nitrogens is 1. The van der Waals surface area contributed by atoms with Crippen molar-refractivity contribution in [3.63, 3.8) is 0 Å². The molecule has 3 rings (SSSR count). The van der Waals surface area contributed by atoms with Gasteiger partial charge in [0.25, 0.3) is 5.91 Å². The van der Waals surface area contributed by atoms with Crippen molar-refractivity contribution >= 4 is 17.4 Å². The lowest BCUT2D eigenvalue weighted by Crippen LogP contribution is -2.50. The largest absolute Gasteiger partial charge is 0.336 e. The SMILES string of the molecule is CC(=CC(=O)N1CCN(C(=O)c2cccnc2)CC1)c1ccccc1. The van der Waals surface area contributed by atoms with Crippen LogP contribution in [-0.4, -0.2) is 52.8 Å². The Morgan fingerprint density at radius 3 is 2.20 bits per heavy atom. The van der Waals surface area contributed by atoms with Gasteiger partial charge in [0.2, 0.25) is 5.91 Å². The summed E-state index contributed by atoms with van der Waals surface area (Å²) in [5.74, 6) is -0.0361. The molecule has 0 aliphatic carbocycles. The Morgan fingerprint density at radius 1 is 0.920 bits per heavy atom. The van der Waals surface area contributed by atoms with E-state index < -0.39 is 0 Å². The van der Waals surface area contributed by atoms with Crippen LogP contribution in [0.1, 0.15) is 22.8 Å². The number of piperazine rings is 1. The second kappa shape index (κ2) is 7.75. The van der Waals surface area contributed by atoms with Crippen molar-refractivity contribution in [2.24, 2.45) is 0 Å². The molecule has 1 aromatic heterocycles. The molecule has 2 heterocycles. The van der Waals surface area contributed by atoms with E-state index in [0.717, 1.165) is 11.1 Å². The third kappa shape index (κ3) is 4.12. The van der Waals surface area contributed by atoms with Gasteiger partial charge in [0.15, 0.2) is 0 Å². The Morgan fingerprint density at radius 2 is 1.56 bits per heavy atom. The van der Waals surface area contributed by atoms with Crippen LogP contribution < -0.4 is 0 Å². The summed E-state index contributed by atoms with van der Waals surface area (Å²) in [6.45, 7) is 4.11. The van der Waals surface area contributed by atoms with Gasteiger partial charge in [-0.05, 0) is 30.2 Å². The molecule has 0 spiro atoms. The van der Waals surface area contributed by atoms with Crippen molar-refractivity contribution in [3.05, 3.63) is 72.1 Å². The Balaban J connectivity index is 1.59. The van der Waals surface area contributed by atoms with Gasteiger partial charge in [-0.15, -0.1) is 0 Å². The number of carbonyl (C=O) groups is 2. The Kier molecular flexibility index (Phi) is 5.23. The average Bonchev–Trinajstić information content (AvgIpc) is 2.69. The zero-order chi connectivity index (χ0) is 17.6. The maximum atomic E-state index is 12.5. The number of benzene rings is 1. The first-order chi connectivity index (χ1) is 12.1. The number of hydrogen-bond donors (Lipinski definition) is 0. The number of pyridine rings is 1. The minimum Gasteiger partial charge on any atom is -0.336 e. The van der Waals surface area contributed by atoms with Gasteiger partial charge in [-0.1, -0.05) is 30.3 Å². The smallest absolute Gasteiger partial charge is 0.255 e. The fraction of sp³-hybridized carbons (Fsp3) is 0.250. The van der Waals surface area contributed by atoms with Crippen LogP contribution in [0, 0.1) is 0 Å². The summed E-state index contributed by atoms with van der Waals surface area (Å²) in [6, 6.07) is 13.4. The minimum atomic E-state index is -0.0313. The topological polar surface area (TPSA) is 53.5 Å². The van der Waals surface area contributed by atoms with E-state index in [0.29, 0.717) is 31.7 Å². The fourth-order valence-corrected chi connectivity index (χ4v) is 2.86.